The number of benzene rings is 1. The summed E-state index contributed by atoms with van der Waals surface area (Å²) in [5, 5.41) is 0. The fourth-order valence-electron chi connectivity index (χ4n) is 1.59. The van der Waals surface area contributed by atoms with Gasteiger partial charge in [0.2, 0.25) is 0 Å². The van der Waals surface area contributed by atoms with Gasteiger partial charge in [-0.1, -0.05) is 24.3 Å². The number of nitrogens with zero attached hydrogens (tertiary/aromatic N) is 1. The minimum absolute atomic E-state index is 0.644. The summed E-state index contributed by atoms with van der Waals surface area (Å²) < 4.78 is 2.42. The molecule has 0 saturated heterocycles. The molecule has 0 fully saturated rings. The van der Waals surface area contributed by atoms with Crippen molar-refractivity contribution in [3.8, 4) is 11.3 Å². The van der Waals surface area contributed by atoms with Gasteiger partial charge in [-0.2, -0.15) is 0 Å². The van der Waals surface area contributed by atoms with Gasteiger partial charge in [-0.15, -0.1) is 0 Å². The van der Waals surface area contributed by atoms with Crippen LogP contribution in [-0.4, -0.2) is 9.55 Å². The molecule has 78 valence electrons. The van der Waals surface area contributed by atoms with Crippen molar-refractivity contribution in [1.29, 1.82) is 0 Å². The minimum atomic E-state index is 0.644. The van der Waals surface area contributed by atoms with Crippen LogP contribution in [0.4, 0.5) is 5.82 Å². The molecule has 0 aliphatic carbocycles. The van der Waals surface area contributed by atoms with E-state index in [4.69, 9.17) is 18.0 Å². The molecule has 1 aromatic heterocycles. The first-order valence-corrected chi connectivity index (χ1v) is 5.12. The number of anilines is 1. The number of H-pyrrole nitrogens is 1. The van der Waals surface area contributed by atoms with Crippen LogP contribution in [0.25, 0.3) is 11.3 Å². The fraction of sp³-hybridized carbons (Fsp3) is 0.182. The second-order valence-corrected chi connectivity index (χ2v) is 3.95. The van der Waals surface area contributed by atoms with Crippen molar-refractivity contribution in [2.24, 2.45) is 7.05 Å². The molecular weight excluding hydrogens is 206 g/mol. The molecule has 0 saturated carbocycles. The largest absolute Gasteiger partial charge is 0.383 e. The van der Waals surface area contributed by atoms with E-state index in [1.165, 1.54) is 5.56 Å². The Morgan fingerprint density at radius 3 is 2.53 bits per heavy atom. The molecule has 0 aliphatic rings. The van der Waals surface area contributed by atoms with Gasteiger partial charge in [0.15, 0.2) is 4.77 Å². The third-order valence-electron chi connectivity index (χ3n) is 2.57. The van der Waals surface area contributed by atoms with Crippen LogP contribution in [0, 0.1) is 11.7 Å². The number of hydrogen-bond donors (Lipinski definition) is 2. The summed E-state index contributed by atoms with van der Waals surface area (Å²) in [6.45, 7) is 2.05. The summed E-state index contributed by atoms with van der Waals surface area (Å²) in [5.74, 6) is 0.675. The Morgan fingerprint density at radius 2 is 2.00 bits per heavy atom. The van der Waals surface area contributed by atoms with Gasteiger partial charge >= 0.3 is 0 Å². The minimum Gasteiger partial charge on any atom is -0.383 e. The van der Waals surface area contributed by atoms with Crippen LogP contribution in [0.5, 0.6) is 0 Å². The average Bonchev–Trinajstić information content (AvgIpc) is 2.47. The van der Waals surface area contributed by atoms with E-state index >= 15 is 0 Å². The Hall–Kier alpha value is -1.55. The van der Waals surface area contributed by atoms with Gasteiger partial charge in [0, 0.05) is 12.6 Å². The van der Waals surface area contributed by atoms with Crippen LogP contribution >= 0.6 is 12.2 Å². The highest BCUT2D eigenvalue weighted by atomic mass is 32.1. The molecule has 3 N–H and O–H groups in total. The third kappa shape index (κ3) is 1.57. The van der Waals surface area contributed by atoms with Crippen molar-refractivity contribution >= 4 is 18.0 Å². The lowest BCUT2D eigenvalue weighted by atomic mass is 10.1. The monoisotopic (exact) mass is 219 g/mol. The van der Waals surface area contributed by atoms with Crippen molar-refractivity contribution in [2.75, 3.05) is 5.73 Å². The Labute approximate surface area is 93.6 Å². The van der Waals surface area contributed by atoms with Crippen LogP contribution in [0.15, 0.2) is 24.3 Å². The maximum atomic E-state index is 5.97. The Morgan fingerprint density at radius 1 is 1.33 bits per heavy atom. The Balaban J connectivity index is 2.70. The molecule has 0 bridgehead atoms. The van der Waals surface area contributed by atoms with Crippen LogP contribution < -0.4 is 5.73 Å². The molecule has 0 spiro atoms. The third-order valence-corrected chi connectivity index (χ3v) is 2.94. The van der Waals surface area contributed by atoms with Crippen LogP contribution in [-0.2, 0) is 7.05 Å². The number of nitrogen functional groups attached to an aromatic ring is 1. The zero-order valence-electron chi connectivity index (χ0n) is 8.74. The summed E-state index contributed by atoms with van der Waals surface area (Å²) in [7, 11) is 1.86. The molecule has 0 amide bonds. The molecule has 15 heavy (non-hydrogen) atoms. The van der Waals surface area contributed by atoms with Crippen molar-refractivity contribution in [2.45, 2.75) is 6.92 Å². The summed E-state index contributed by atoms with van der Waals surface area (Å²) in [4.78, 5) is 3.12. The lowest BCUT2D eigenvalue weighted by molar-refractivity contribution is 0.906. The highest BCUT2D eigenvalue weighted by Gasteiger charge is 2.09. The number of imidazole rings is 1. The normalized spacial score (nSPS) is 10.5. The maximum Gasteiger partial charge on any atom is 0.178 e. The van der Waals surface area contributed by atoms with Gasteiger partial charge in [-0.3, -0.25) is 0 Å². The summed E-state index contributed by atoms with van der Waals surface area (Å²) in [6.07, 6.45) is 0. The molecule has 2 aromatic rings. The van der Waals surface area contributed by atoms with Gasteiger partial charge in [-0.25, -0.2) is 0 Å². The number of aromatic nitrogens is 2. The predicted molar refractivity (Wildman–Crippen MR) is 65.2 cm³/mol. The number of aromatic amines is 1. The summed E-state index contributed by atoms with van der Waals surface area (Å²) >= 11 is 5.13. The Kier molecular flexibility index (Phi) is 2.36. The number of rotatable bonds is 1. The highest BCUT2D eigenvalue weighted by Crippen LogP contribution is 2.26. The van der Waals surface area contributed by atoms with Gasteiger partial charge < -0.3 is 15.3 Å². The maximum absolute atomic E-state index is 5.97. The first-order valence-electron chi connectivity index (χ1n) is 4.71. The second kappa shape index (κ2) is 3.55. The fourth-order valence-corrected chi connectivity index (χ4v) is 1.79. The topological polar surface area (TPSA) is 46.7 Å². The predicted octanol–water partition coefficient (Wildman–Crippen LogP) is 2.64. The molecule has 0 radical (unpaired) electrons. The summed E-state index contributed by atoms with van der Waals surface area (Å²) in [6, 6.07) is 8.09. The van der Waals surface area contributed by atoms with Gasteiger partial charge in [0.1, 0.15) is 5.82 Å². The van der Waals surface area contributed by atoms with E-state index in [9.17, 15) is 0 Å². The molecule has 0 atom stereocenters. The molecule has 1 heterocycles. The quantitative estimate of drug-likeness (QED) is 0.724. The number of hydrogen-bond acceptors (Lipinski definition) is 2. The van der Waals surface area contributed by atoms with Crippen LogP contribution in [0.2, 0.25) is 0 Å². The van der Waals surface area contributed by atoms with Crippen LogP contribution in [0.3, 0.4) is 0 Å². The van der Waals surface area contributed by atoms with E-state index in [1.807, 2.05) is 25.2 Å². The SMILES string of the molecule is Cc1ccccc1-c1[nH]c(=S)n(C)c1N. The van der Waals surface area contributed by atoms with Crippen molar-refractivity contribution in [1.82, 2.24) is 9.55 Å². The van der Waals surface area contributed by atoms with Gasteiger partial charge in [0.25, 0.3) is 0 Å². The Bertz CT molecular complexity index is 551. The standard InChI is InChI=1S/C11H13N3S/c1-7-5-3-4-6-8(7)9-10(12)14(2)11(15)13-9/h3-6H,12H2,1-2H3,(H,13,15). The van der Waals surface area contributed by atoms with Crippen LogP contribution in [0.1, 0.15) is 5.56 Å². The number of nitrogens with two attached hydrogens (primary N) is 1. The van der Waals surface area contributed by atoms with E-state index in [0.29, 0.717) is 10.6 Å². The lowest BCUT2D eigenvalue weighted by Gasteiger charge is -2.04. The first-order chi connectivity index (χ1) is 7.11. The average molecular weight is 219 g/mol. The second-order valence-electron chi connectivity index (χ2n) is 3.56. The van der Waals surface area contributed by atoms with Crippen molar-refractivity contribution in [3.05, 3.63) is 34.6 Å². The van der Waals surface area contributed by atoms with E-state index in [-0.39, 0.29) is 0 Å². The highest BCUT2D eigenvalue weighted by molar-refractivity contribution is 7.71. The van der Waals surface area contributed by atoms with Gasteiger partial charge in [0.05, 0.1) is 5.69 Å². The number of aryl methyl sites for hydroxylation is 1. The van der Waals surface area contributed by atoms with E-state index in [2.05, 4.69) is 18.0 Å². The molecule has 2 rings (SSSR count). The number of nitrogens with one attached hydrogen (secondary N) is 1. The first kappa shape index (κ1) is 9.98. The molecule has 0 aliphatic heterocycles. The molecular formula is C11H13N3S. The zero-order valence-corrected chi connectivity index (χ0v) is 9.56. The van der Waals surface area contributed by atoms with E-state index < -0.39 is 0 Å². The summed E-state index contributed by atoms with van der Waals surface area (Å²) in [5.41, 5.74) is 9.15. The molecule has 0 unspecified atom stereocenters. The molecule has 1 aromatic carbocycles. The zero-order chi connectivity index (χ0) is 11.0. The van der Waals surface area contributed by atoms with Crippen molar-refractivity contribution < 1.29 is 0 Å². The van der Waals surface area contributed by atoms with E-state index in [0.717, 1.165) is 11.3 Å². The molecule has 4 heteroatoms. The van der Waals surface area contributed by atoms with Crippen molar-refractivity contribution in [3.63, 3.8) is 0 Å². The molecule has 3 nitrogen and oxygen atoms in total. The lowest BCUT2D eigenvalue weighted by Crippen LogP contribution is -1.97. The van der Waals surface area contributed by atoms with Gasteiger partial charge in [-0.05, 0) is 24.7 Å². The van der Waals surface area contributed by atoms with E-state index in [1.54, 1.807) is 4.57 Å². The smallest absolute Gasteiger partial charge is 0.178 e.